The second-order valence-electron chi connectivity index (χ2n) is 15.8. The molecule has 1 aliphatic carbocycles. The van der Waals surface area contributed by atoms with E-state index in [0.29, 0.717) is 5.82 Å². The number of thiophene rings is 1. The first kappa shape index (κ1) is 34.3. The summed E-state index contributed by atoms with van der Waals surface area (Å²) in [6.45, 7) is 4.65. The molecule has 0 atom stereocenters. The highest BCUT2D eigenvalue weighted by Crippen LogP contribution is 2.50. The molecule has 8 aromatic carbocycles. The Labute approximate surface area is 342 Å². The highest BCUT2D eigenvalue weighted by Gasteiger charge is 2.35. The maximum atomic E-state index is 5.35. The SMILES string of the molecule is CC1(C)c2ccccc2-c2cc(-c3cc(-c4cc(-c5ccc6sc7ccccc7c6c5)cc(-c5ccccc5-c5ccccc5)c4)nc(-c4ccccc4)n3)ccc21. The first-order valence-electron chi connectivity index (χ1n) is 19.9. The molecule has 0 bridgehead atoms. The van der Waals surface area contributed by atoms with Crippen LogP contribution in [0.1, 0.15) is 25.0 Å². The molecule has 1 aliphatic rings. The molecule has 0 fully saturated rings. The van der Waals surface area contributed by atoms with Gasteiger partial charge >= 0.3 is 0 Å². The molecular formula is C55H38N2S. The molecule has 3 heteroatoms. The van der Waals surface area contributed by atoms with Crippen molar-refractivity contribution in [1.82, 2.24) is 9.97 Å². The van der Waals surface area contributed by atoms with Gasteiger partial charge in [0, 0.05) is 42.3 Å². The Kier molecular flexibility index (Phi) is 8.06. The van der Waals surface area contributed by atoms with Gasteiger partial charge in [-0.05, 0) is 104 Å². The second kappa shape index (κ2) is 13.6. The van der Waals surface area contributed by atoms with E-state index < -0.39 is 0 Å². The van der Waals surface area contributed by atoms with Gasteiger partial charge in [-0.25, -0.2) is 9.97 Å². The van der Waals surface area contributed by atoms with Crippen LogP contribution in [0.5, 0.6) is 0 Å². The summed E-state index contributed by atoms with van der Waals surface area (Å²) in [5, 5.41) is 2.58. The van der Waals surface area contributed by atoms with Gasteiger partial charge < -0.3 is 0 Å². The van der Waals surface area contributed by atoms with Crippen LogP contribution in [0.4, 0.5) is 0 Å². The smallest absolute Gasteiger partial charge is 0.160 e. The predicted molar refractivity (Wildman–Crippen MR) is 245 cm³/mol. The van der Waals surface area contributed by atoms with Gasteiger partial charge in [-0.1, -0.05) is 159 Å². The fourth-order valence-corrected chi connectivity index (χ4v) is 10.0. The van der Waals surface area contributed by atoms with E-state index in [-0.39, 0.29) is 5.41 Å². The third kappa shape index (κ3) is 5.78. The number of fused-ring (bicyclic) bond motifs is 6. The van der Waals surface area contributed by atoms with E-state index in [1.54, 1.807) is 0 Å². The molecule has 0 amide bonds. The number of hydrogen-bond donors (Lipinski definition) is 0. The number of aromatic nitrogens is 2. The molecular weight excluding hydrogens is 721 g/mol. The molecule has 0 spiro atoms. The summed E-state index contributed by atoms with van der Waals surface area (Å²) in [5.74, 6) is 0.706. The molecule has 0 aliphatic heterocycles. The summed E-state index contributed by atoms with van der Waals surface area (Å²) in [5.41, 5.74) is 17.1. The van der Waals surface area contributed by atoms with Crippen molar-refractivity contribution in [2.75, 3.05) is 0 Å². The number of nitrogens with zero attached hydrogens (tertiary/aromatic N) is 2. The van der Waals surface area contributed by atoms with Crippen LogP contribution in [0, 0.1) is 0 Å². The monoisotopic (exact) mass is 758 g/mol. The first-order chi connectivity index (χ1) is 28.5. The fraction of sp³-hybridized carbons (Fsp3) is 0.0545. The molecule has 2 heterocycles. The lowest BCUT2D eigenvalue weighted by molar-refractivity contribution is 0.660. The molecule has 10 aromatic rings. The highest BCUT2D eigenvalue weighted by molar-refractivity contribution is 7.25. The Morgan fingerprint density at radius 2 is 0.914 bits per heavy atom. The molecule has 0 radical (unpaired) electrons. The number of rotatable bonds is 6. The Hall–Kier alpha value is -6.94. The number of hydrogen-bond acceptors (Lipinski definition) is 3. The van der Waals surface area contributed by atoms with Gasteiger partial charge in [0.25, 0.3) is 0 Å². The molecule has 2 nitrogen and oxygen atoms in total. The number of benzene rings is 8. The topological polar surface area (TPSA) is 25.8 Å². The minimum atomic E-state index is -0.0678. The third-order valence-corrected chi connectivity index (χ3v) is 13.1. The molecule has 0 saturated carbocycles. The van der Waals surface area contributed by atoms with Crippen molar-refractivity contribution in [3.63, 3.8) is 0 Å². The van der Waals surface area contributed by atoms with Crippen LogP contribution in [-0.2, 0) is 5.41 Å². The fourth-order valence-electron chi connectivity index (χ4n) is 8.95. The summed E-state index contributed by atoms with van der Waals surface area (Å²) in [6, 6.07) is 70.3. The molecule has 0 saturated heterocycles. The van der Waals surface area contributed by atoms with Crippen molar-refractivity contribution in [1.29, 1.82) is 0 Å². The Balaban J connectivity index is 1.14. The average molecular weight is 759 g/mol. The quantitative estimate of drug-likeness (QED) is 0.169. The molecule has 274 valence electrons. The average Bonchev–Trinajstić information content (AvgIpc) is 3.77. The van der Waals surface area contributed by atoms with Gasteiger partial charge in [-0.2, -0.15) is 0 Å². The summed E-state index contributed by atoms with van der Waals surface area (Å²) >= 11 is 1.85. The minimum absolute atomic E-state index is 0.0678. The van der Waals surface area contributed by atoms with Crippen LogP contribution in [-0.4, -0.2) is 9.97 Å². The molecule has 2 aromatic heterocycles. The van der Waals surface area contributed by atoms with Crippen molar-refractivity contribution in [3.8, 4) is 78.4 Å². The summed E-state index contributed by atoms with van der Waals surface area (Å²) in [6.07, 6.45) is 0. The largest absolute Gasteiger partial charge is 0.228 e. The molecule has 11 rings (SSSR count). The second-order valence-corrected chi connectivity index (χ2v) is 16.9. The Morgan fingerprint density at radius 1 is 0.345 bits per heavy atom. The maximum Gasteiger partial charge on any atom is 0.160 e. The van der Waals surface area contributed by atoms with Gasteiger partial charge in [0.2, 0.25) is 0 Å². The maximum absolute atomic E-state index is 5.35. The van der Waals surface area contributed by atoms with E-state index >= 15 is 0 Å². The van der Waals surface area contributed by atoms with Gasteiger partial charge in [-0.15, -0.1) is 11.3 Å². The van der Waals surface area contributed by atoms with Crippen molar-refractivity contribution in [2.24, 2.45) is 0 Å². The van der Waals surface area contributed by atoms with E-state index in [4.69, 9.17) is 9.97 Å². The summed E-state index contributed by atoms with van der Waals surface area (Å²) < 4.78 is 2.60. The van der Waals surface area contributed by atoms with Crippen LogP contribution in [0.25, 0.3) is 98.6 Å². The van der Waals surface area contributed by atoms with E-state index in [0.717, 1.165) is 39.2 Å². The highest BCUT2D eigenvalue weighted by atomic mass is 32.1. The zero-order valence-corrected chi connectivity index (χ0v) is 33.1. The van der Waals surface area contributed by atoms with Crippen LogP contribution in [0.3, 0.4) is 0 Å². The van der Waals surface area contributed by atoms with E-state index in [1.165, 1.54) is 64.7 Å². The first-order valence-corrected chi connectivity index (χ1v) is 20.7. The molecule has 58 heavy (non-hydrogen) atoms. The van der Waals surface area contributed by atoms with E-state index in [9.17, 15) is 0 Å². The van der Waals surface area contributed by atoms with E-state index in [2.05, 4.69) is 202 Å². The predicted octanol–water partition coefficient (Wildman–Crippen LogP) is 15.2. The molecule has 0 unspecified atom stereocenters. The van der Waals surface area contributed by atoms with Crippen LogP contribution >= 0.6 is 11.3 Å². The minimum Gasteiger partial charge on any atom is -0.228 e. The van der Waals surface area contributed by atoms with Crippen molar-refractivity contribution >= 4 is 31.5 Å². The standard InChI is InChI=1S/C55H38N2S/c1-55(2)48-23-13-11-21-44(48)46-33-38(25-27-49(46)55)50-34-51(57-54(56-50)36-17-7-4-8-18-36)41-30-39(37-26-28-53-47(32-37)45-22-12-14-24-52(45)58-53)29-40(31-41)43-20-10-9-19-42(43)35-15-5-3-6-16-35/h3-34H,1-2H3. The normalized spacial score (nSPS) is 12.8. The summed E-state index contributed by atoms with van der Waals surface area (Å²) in [7, 11) is 0. The van der Waals surface area contributed by atoms with Crippen molar-refractivity contribution in [2.45, 2.75) is 19.3 Å². The third-order valence-electron chi connectivity index (χ3n) is 11.9. The zero-order valence-electron chi connectivity index (χ0n) is 32.3. The lowest BCUT2D eigenvalue weighted by atomic mass is 9.82. The van der Waals surface area contributed by atoms with Gasteiger partial charge in [0.1, 0.15) is 0 Å². The van der Waals surface area contributed by atoms with Crippen LogP contribution in [0.15, 0.2) is 194 Å². The lowest BCUT2D eigenvalue weighted by Crippen LogP contribution is -2.14. The van der Waals surface area contributed by atoms with E-state index in [1.807, 2.05) is 17.4 Å². The molecule has 0 N–H and O–H groups in total. The summed E-state index contributed by atoms with van der Waals surface area (Å²) in [4.78, 5) is 10.6. The van der Waals surface area contributed by atoms with Crippen molar-refractivity contribution in [3.05, 3.63) is 205 Å². The van der Waals surface area contributed by atoms with Gasteiger partial charge in [0.15, 0.2) is 5.82 Å². The van der Waals surface area contributed by atoms with Crippen LogP contribution < -0.4 is 0 Å². The van der Waals surface area contributed by atoms with Crippen molar-refractivity contribution < 1.29 is 0 Å². The Bertz CT molecular complexity index is 3190. The van der Waals surface area contributed by atoms with Gasteiger partial charge in [-0.3, -0.25) is 0 Å². The zero-order chi connectivity index (χ0) is 38.8. The van der Waals surface area contributed by atoms with Crippen LogP contribution in [0.2, 0.25) is 0 Å². The van der Waals surface area contributed by atoms with Gasteiger partial charge in [0.05, 0.1) is 11.4 Å². The lowest BCUT2D eigenvalue weighted by Gasteiger charge is -2.21. The Morgan fingerprint density at radius 3 is 1.71 bits per heavy atom.